The van der Waals surface area contributed by atoms with E-state index < -0.39 is 38.4 Å². The molecule has 0 aromatic heterocycles. The van der Waals surface area contributed by atoms with Crippen molar-refractivity contribution >= 4 is 16.0 Å². The van der Waals surface area contributed by atoms with Crippen LogP contribution in [0.25, 0.3) is 0 Å². The molecule has 1 aromatic carbocycles. The van der Waals surface area contributed by atoms with Gasteiger partial charge in [-0.1, -0.05) is 6.92 Å². The van der Waals surface area contributed by atoms with E-state index in [0.29, 0.717) is 25.2 Å². The van der Waals surface area contributed by atoms with Gasteiger partial charge in [-0.15, -0.1) is 0 Å². The molecule has 0 N–H and O–H groups in total. The molecule has 0 bridgehead atoms. The number of sulfonamides is 1. The van der Waals surface area contributed by atoms with Gasteiger partial charge in [-0.2, -0.15) is 17.5 Å². The van der Waals surface area contributed by atoms with Crippen molar-refractivity contribution in [1.29, 1.82) is 0 Å². The van der Waals surface area contributed by atoms with Crippen LogP contribution in [0, 0.1) is 0 Å². The molecular weight excluding hydrogens is 363 g/mol. The standard InChI is InChI=1S/C15H18F3NO5S/c1-3-4-14(20)24-12-6-5-10(15(16,17)18)7-13(12)25(21,22)19(2)8-11-9-23-11/h5-7,11H,3-4,8-9H2,1-2H3. The van der Waals surface area contributed by atoms with Crippen LogP contribution in [0.1, 0.15) is 25.3 Å². The molecule has 2 rings (SSSR count). The molecule has 1 saturated heterocycles. The summed E-state index contributed by atoms with van der Waals surface area (Å²) < 4.78 is 75.0. The van der Waals surface area contributed by atoms with Crippen LogP contribution in [0.2, 0.25) is 0 Å². The van der Waals surface area contributed by atoms with Gasteiger partial charge in [0, 0.05) is 20.0 Å². The third kappa shape index (κ3) is 4.93. The molecule has 0 radical (unpaired) electrons. The second-order valence-corrected chi connectivity index (χ2v) is 7.64. The maximum Gasteiger partial charge on any atom is 0.416 e. The first-order valence-electron chi connectivity index (χ1n) is 7.55. The van der Waals surface area contributed by atoms with Gasteiger partial charge in [0.15, 0.2) is 5.75 Å². The highest BCUT2D eigenvalue weighted by Crippen LogP contribution is 2.35. The maximum absolute atomic E-state index is 13.0. The molecule has 25 heavy (non-hydrogen) atoms. The minimum Gasteiger partial charge on any atom is -0.425 e. The third-order valence-corrected chi connectivity index (χ3v) is 5.34. The van der Waals surface area contributed by atoms with Gasteiger partial charge in [0.2, 0.25) is 10.0 Å². The fourth-order valence-electron chi connectivity index (χ4n) is 2.07. The fourth-order valence-corrected chi connectivity index (χ4v) is 3.41. The third-order valence-electron chi connectivity index (χ3n) is 3.50. The summed E-state index contributed by atoms with van der Waals surface area (Å²) >= 11 is 0. The molecule has 0 aliphatic carbocycles. The van der Waals surface area contributed by atoms with Crippen LogP contribution in [0.4, 0.5) is 13.2 Å². The van der Waals surface area contributed by atoms with Crippen LogP contribution in [0.5, 0.6) is 5.75 Å². The van der Waals surface area contributed by atoms with Crippen molar-refractivity contribution in [3.05, 3.63) is 23.8 Å². The zero-order valence-electron chi connectivity index (χ0n) is 13.7. The summed E-state index contributed by atoms with van der Waals surface area (Å²) in [6, 6.07) is 2.01. The number of benzene rings is 1. The largest absolute Gasteiger partial charge is 0.425 e. The van der Waals surface area contributed by atoms with E-state index >= 15 is 0 Å². The Morgan fingerprint density at radius 1 is 1.40 bits per heavy atom. The van der Waals surface area contributed by atoms with Crippen LogP contribution in [0.15, 0.2) is 23.1 Å². The van der Waals surface area contributed by atoms with Crippen LogP contribution >= 0.6 is 0 Å². The van der Waals surface area contributed by atoms with E-state index in [9.17, 15) is 26.4 Å². The summed E-state index contributed by atoms with van der Waals surface area (Å²) in [6.07, 6.45) is -4.53. The number of ether oxygens (including phenoxy) is 2. The Bertz CT molecular complexity index is 744. The van der Waals surface area contributed by atoms with Crippen molar-refractivity contribution in [1.82, 2.24) is 4.31 Å². The quantitative estimate of drug-likeness (QED) is 0.412. The Morgan fingerprint density at radius 3 is 2.56 bits per heavy atom. The highest BCUT2D eigenvalue weighted by molar-refractivity contribution is 7.89. The average molecular weight is 381 g/mol. The number of alkyl halides is 3. The Kier molecular flexibility index (Phi) is 5.75. The highest BCUT2D eigenvalue weighted by Gasteiger charge is 2.36. The topological polar surface area (TPSA) is 76.2 Å². The summed E-state index contributed by atoms with van der Waals surface area (Å²) in [6.45, 7) is 2.11. The Morgan fingerprint density at radius 2 is 2.04 bits per heavy atom. The van der Waals surface area contributed by atoms with Crippen LogP contribution in [0.3, 0.4) is 0 Å². The molecule has 1 aliphatic rings. The number of rotatable bonds is 7. The van der Waals surface area contributed by atoms with Gasteiger partial charge in [-0.3, -0.25) is 4.79 Å². The van der Waals surface area contributed by atoms with E-state index in [1.54, 1.807) is 6.92 Å². The molecule has 140 valence electrons. The monoisotopic (exact) mass is 381 g/mol. The Balaban J connectivity index is 2.44. The minimum absolute atomic E-state index is 0.000918. The summed E-state index contributed by atoms with van der Waals surface area (Å²) in [5.41, 5.74) is -1.14. The predicted octanol–water partition coefficient (Wildman–Crippen LogP) is 2.43. The van der Waals surface area contributed by atoms with E-state index in [0.717, 1.165) is 10.4 Å². The first-order chi connectivity index (χ1) is 11.6. The normalized spacial score (nSPS) is 17.6. The smallest absolute Gasteiger partial charge is 0.416 e. The van der Waals surface area contributed by atoms with Crippen molar-refractivity contribution in [2.24, 2.45) is 0 Å². The van der Waals surface area contributed by atoms with Gasteiger partial charge in [0.1, 0.15) is 4.90 Å². The SMILES string of the molecule is CCCC(=O)Oc1ccc(C(F)(F)F)cc1S(=O)(=O)N(C)CC1CO1. The Labute approximate surface area is 143 Å². The molecule has 0 saturated carbocycles. The van der Waals surface area contributed by atoms with Crippen molar-refractivity contribution in [2.45, 2.75) is 36.9 Å². The van der Waals surface area contributed by atoms with Crippen LogP contribution in [-0.4, -0.2) is 45.0 Å². The van der Waals surface area contributed by atoms with E-state index in [1.165, 1.54) is 7.05 Å². The Hall–Kier alpha value is -1.65. The zero-order valence-corrected chi connectivity index (χ0v) is 14.5. The summed E-state index contributed by atoms with van der Waals surface area (Å²) in [5, 5.41) is 0. The molecule has 0 amide bonds. The molecule has 6 nitrogen and oxygen atoms in total. The van der Waals surface area contributed by atoms with Crippen molar-refractivity contribution in [2.75, 3.05) is 20.2 Å². The number of epoxide rings is 1. The van der Waals surface area contributed by atoms with Crippen molar-refractivity contribution < 1.29 is 35.9 Å². The molecule has 0 spiro atoms. The van der Waals surface area contributed by atoms with Crippen LogP contribution in [-0.2, 0) is 25.7 Å². The first-order valence-corrected chi connectivity index (χ1v) is 8.99. The lowest BCUT2D eigenvalue weighted by atomic mass is 10.2. The number of carbonyl (C=O) groups is 1. The van der Waals surface area contributed by atoms with Gasteiger partial charge in [-0.25, -0.2) is 8.42 Å². The minimum atomic E-state index is -4.73. The number of nitrogens with zero attached hydrogens (tertiary/aromatic N) is 1. The first kappa shape index (κ1) is 19.7. The summed E-state index contributed by atoms with van der Waals surface area (Å²) in [5.74, 6) is -1.14. The zero-order chi connectivity index (χ0) is 18.8. The maximum atomic E-state index is 13.0. The molecule has 1 unspecified atom stereocenters. The van der Waals surface area contributed by atoms with Crippen molar-refractivity contribution in [3.8, 4) is 5.75 Å². The molecule has 1 atom stereocenters. The number of carbonyl (C=O) groups excluding carboxylic acids is 1. The number of esters is 1. The lowest BCUT2D eigenvalue weighted by molar-refractivity contribution is -0.137. The molecule has 1 fully saturated rings. The predicted molar refractivity (Wildman–Crippen MR) is 81.5 cm³/mol. The number of likely N-dealkylation sites (N-methyl/N-ethyl adjacent to an activating group) is 1. The van der Waals surface area contributed by atoms with Gasteiger partial charge >= 0.3 is 12.1 Å². The second kappa shape index (κ2) is 7.30. The molecular formula is C15H18F3NO5S. The van der Waals surface area contributed by atoms with E-state index in [-0.39, 0.29) is 19.1 Å². The van der Waals surface area contributed by atoms with Gasteiger partial charge in [-0.05, 0) is 24.6 Å². The summed E-state index contributed by atoms with van der Waals surface area (Å²) in [4.78, 5) is 11.0. The average Bonchev–Trinajstić information content (AvgIpc) is 3.30. The van der Waals surface area contributed by atoms with Gasteiger partial charge < -0.3 is 9.47 Å². The van der Waals surface area contributed by atoms with E-state index in [4.69, 9.17) is 9.47 Å². The van der Waals surface area contributed by atoms with Crippen LogP contribution < -0.4 is 4.74 Å². The molecule has 1 heterocycles. The van der Waals surface area contributed by atoms with Gasteiger partial charge in [0.25, 0.3) is 0 Å². The number of halogens is 3. The second-order valence-electron chi connectivity index (χ2n) is 5.62. The van der Waals surface area contributed by atoms with E-state index in [1.807, 2.05) is 0 Å². The van der Waals surface area contributed by atoms with Crippen molar-refractivity contribution in [3.63, 3.8) is 0 Å². The lowest BCUT2D eigenvalue weighted by Gasteiger charge is -2.19. The molecule has 10 heteroatoms. The number of hydrogen-bond donors (Lipinski definition) is 0. The lowest BCUT2D eigenvalue weighted by Crippen LogP contribution is -2.31. The highest BCUT2D eigenvalue weighted by atomic mass is 32.2. The fraction of sp³-hybridized carbons (Fsp3) is 0.533. The summed E-state index contributed by atoms with van der Waals surface area (Å²) in [7, 11) is -3.06. The van der Waals surface area contributed by atoms with Gasteiger partial charge in [0.05, 0.1) is 18.3 Å². The number of hydrogen-bond acceptors (Lipinski definition) is 5. The molecule has 1 aromatic rings. The van der Waals surface area contributed by atoms with E-state index in [2.05, 4.69) is 0 Å². The molecule has 1 aliphatic heterocycles.